The number of aromatic nitrogens is 3. The minimum atomic E-state index is 0.295. The molecule has 1 amide bonds. The van der Waals surface area contributed by atoms with Crippen molar-refractivity contribution in [1.82, 2.24) is 19.7 Å². The second-order valence-electron chi connectivity index (χ2n) is 6.46. The van der Waals surface area contributed by atoms with Gasteiger partial charge in [0.15, 0.2) is 0 Å². The number of thiophene rings is 1. The maximum atomic E-state index is 12.4. The number of nitrogens with zero attached hydrogens (tertiary/aromatic N) is 4. The van der Waals surface area contributed by atoms with Crippen LogP contribution >= 0.6 is 11.3 Å². The summed E-state index contributed by atoms with van der Waals surface area (Å²) >= 11 is 1.73. The molecule has 23 heavy (non-hydrogen) atoms. The van der Waals surface area contributed by atoms with Crippen LogP contribution in [0.25, 0.3) is 0 Å². The predicted molar refractivity (Wildman–Crippen MR) is 89.5 cm³/mol. The first-order valence-corrected chi connectivity index (χ1v) is 9.41. The summed E-state index contributed by atoms with van der Waals surface area (Å²) in [4.78, 5) is 15.7. The lowest BCUT2D eigenvalue weighted by atomic mass is 9.95. The number of carbonyl (C=O) groups excluding carboxylic acids is 1. The first kappa shape index (κ1) is 14.9. The molecule has 4 heterocycles. The molecule has 0 atom stereocenters. The Hall–Kier alpha value is -1.69. The highest BCUT2D eigenvalue weighted by molar-refractivity contribution is 7.09. The van der Waals surface area contributed by atoms with Crippen molar-refractivity contribution in [3.05, 3.63) is 34.0 Å². The summed E-state index contributed by atoms with van der Waals surface area (Å²) in [7, 11) is 0. The molecule has 0 radical (unpaired) electrons. The van der Waals surface area contributed by atoms with E-state index in [9.17, 15) is 4.79 Å². The zero-order valence-electron chi connectivity index (χ0n) is 13.3. The van der Waals surface area contributed by atoms with Crippen LogP contribution in [0.3, 0.4) is 0 Å². The number of hydrogen-bond acceptors (Lipinski definition) is 4. The fourth-order valence-corrected chi connectivity index (χ4v) is 4.41. The number of amides is 1. The third-order valence-electron chi connectivity index (χ3n) is 5.02. The lowest BCUT2D eigenvalue weighted by molar-refractivity contribution is -0.132. The molecule has 1 saturated heterocycles. The largest absolute Gasteiger partial charge is 0.343 e. The van der Waals surface area contributed by atoms with Crippen molar-refractivity contribution in [2.45, 2.75) is 51.0 Å². The number of hydrogen-bond donors (Lipinski definition) is 0. The van der Waals surface area contributed by atoms with Crippen molar-refractivity contribution in [3.63, 3.8) is 0 Å². The van der Waals surface area contributed by atoms with Crippen molar-refractivity contribution in [1.29, 1.82) is 0 Å². The highest BCUT2D eigenvalue weighted by atomic mass is 32.1. The van der Waals surface area contributed by atoms with Gasteiger partial charge in [-0.3, -0.25) is 4.79 Å². The Kier molecular flexibility index (Phi) is 4.16. The van der Waals surface area contributed by atoms with Gasteiger partial charge >= 0.3 is 0 Å². The van der Waals surface area contributed by atoms with Crippen LogP contribution in [0.2, 0.25) is 0 Å². The molecule has 0 saturated carbocycles. The summed E-state index contributed by atoms with van der Waals surface area (Å²) in [5.74, 6) is 3.07. The van der Waals surface area contributed by atoms with Crippen LogP contribution in [-0.4, -0.2) is 38.7 Å². The number of piperidine rings is 1. The fourth-order valence-electron chi connectivity index (χ4n) is 3.71. The van der Waals surface area contributed by atoms with Crippen molar-refractivity contribution in [2.75, 3.05) is 13.1 Å². The van der Waals surface area contributed by atoms with Gasteiger partial charge in [0.2, 0.25) is 5.91 Å². The van der Waals surface area contributed by atoms with Crippen LogP contribution < -0.4 is 0 Å². The summed E-state index contributed by atoms with van der Waals surface area (Å²) in [6.45, 7) is 2.78. The molecule has 2 aliphatic rings. The molecule has 0 bridgehead atoms. The number of fused-ring (bicyclic) bond motifs is 1. The zero-order chi connectivity index (χ0) is 15.6. The Bertz CT molecular complexity index is 671. The summed E-state index contributed by atoms with van der Waals surface area (Å²) in [6.07, 6.45) is 5.79. The second kappa shape index (κ2) is 6.43. The van der Waals surface area contributed by atoms with Crippen LogP contribution in [0.15, 0.2) is 17.5 Å². The van der Waals surface area contributed by atoms with Crippen molar-refractivity contribution in [2.24, 2.45) is 0 Å². The first-order chi connectivity index (χ1) is 11.3. The van der Waals surface area contributed by atoms with Gasteiger partial charge < -0.3 is 9.47 Å². The fraction of sp³-hybridized carbons (Fsp3) is 0.588. The highest BCUT2D eigenvalue weighted by Crippen LogP contribution is 2.29. The van der Waals surface area contributed by atoms with Crippen LogP contribution in [0.4, 0.5) is 0 Å². The van der Waals surface area contributed by atoms with Gasteiger partial charge in [0.25, 0.3) is 0 Å². The monoisotopic (exact) mass is 330 g/mol. The summed E-state index contributed by atoms with van der Waals surface area (Å²) in [5, 5.41) is 10.8. The maximum Gasteiger partial charge on any atom is 0.222 e. The number of rotatable bonds is 4. The van der Waals surface area contributed by atoms with E-state index in [1.165, 1.54) is 11.3 Å². The van der Waals surface area contributed by atoms with Gasteiger partial charge in [-0.2, -0.15) is 0 Å². The molecule has 2 aliphatic heterocycles. The molecule has 2 aromatic rings. The topological polar surface area (TPSA) is 51.0 Å². The molecule has 0 N–H and O–H groups in total. The van der Waals surface area contributed by atoms with Crippen LogP contribution in [0.1, 0.15) is 48.1 Å². The van der Waals surface area contributed by atoms with Gasteiger partial charge in [-0.15, -0.1) is 21.5 Å². The summed E-state index contributed by atoms with van der Waals surface area (Å²) in [6, 6.07) is 4.16. The molecule has 122 valence electrons. The Balaban J connectivity index is 1.31. The van der Waals surface area contributed by atoms with Crippen molar-refractivity contribution >= 4 is 17.2 Å². The standard InChI is InChI=1S/C17H22N4OS/c22-16(6-5-14-3-2-12-23-14)20-10-7-13(8-11-20)17-19-18-15-4-1-9-21(15)17/h2-3,12-13H,1,4-11H2. The van der Waals surface area contributed by atoms with Gasteiger partial charge in [-0.25, -0.2) is 0 Å². The molecule has 0 spiro atoms. The average molecular weight is 330 g/mol. The van der Waals surface area contributed by atoms with E-state index in [1.54, 1.807) is 11.3 Å². The van der Waals surface area contributed by atoms with E-state index in [0.717, 1.165) is 57.0 Å². The number of carbonyl (C=O) groups is 1. The third-order valence-corrected chi connectivity index (χ3v) is 5.95. The summed E-state index contributed by atoms with van der Waals surface area (Å²) < 4.78 is 2.30. The van der Waals surface area contributed by atoms with E-state index < -0.39 is 0 Å². The SMILES string of the molecule is O=C(CCc1cccs1)N1CCC(c2nnc3n2CCC3)CC1. The molecule has 4 rings (SSSR count). The Labute approximate surface area is 140 Å². The smallest absolute Gasteiger partial charge is 0.222 e. The van der Waals surface area contributed by atoms with E-state index in [1.807, 2.05) is 11.0 Å². The van der Waals surface area contributed by atoms with Crippen LogP contribution in [0.5, 0.6) is 0 Å². The molecule has 0 aliphatic carbocycles. The second-order valence-corrected chi connectivity index (χ2v) is 7.50. The van der Waals surface area contributed by atoms with E-state index in [-0.39, 0.29) is 0 Å². The number of aryl methyl sites for hydroxylation is 2. The van der Waals surface area contributed by atoms with E-state index in [4.69, 9.17) is 0 Å². The van der Waals surface area contributed by atoms with Gasteiger partial charge in [0.1, 0.15) is 11.6 Å². The molecule has 6 heteroatoms. The quantitative estimate of drug-likeness (QED) is 0.866. The molecule has 1 fully saturated rings. The van der Waals surface area contributed by atoms with Crippen LogP contribution in [-0.2, 0) is 24.2 Å². The normalized spacial score (nSPS) is 18.3. The van der Waals surface area contributed by atoms with Gasteiger partial charge in [-0.05, 0) is 37.1 Å². The third kappa shape index (κ3) is 3.04. The summed E-state index contributed by atoms with van der Waals surface area (Å²) in [5.41, 5.74) is 0. The van der Waals surface area contributed by atoms with E-state index in [0.29, 0.717) is 18.2 Å². The Morgan fingerprint density at radius 2 is 2.13 bits per heavy atom. The van der Waals surface area contributed by atoms with Crippen molar-refractivity contribution in [3.8, 4) is 0 Å². The molecular weight excluding hydrogens is 308 g/mol. The maximum absolute atomic E-state index is 12.4. The Morgan fingerprint density at radius 3 is 2.91 bits per heavy atom. The molecule has 0 unspecified atom stereocenters. The molecule has 5 nitrogen and oxygen atoms in total. The van der Waals surface area contributed by atoms with Gasteiger partial charge in [0, 0.05) is 43.3 Å². The average Bonchev–Trinajstić information content (AvgIpc) is 3.30. The molecule has 0 aromatic carbocycles. The minimum absolute atomic E-state index is 0.295. The van der Waals surface area contributed by atoms with Gasteiger partial charge in [-0.1, -0.05) is 6.07 Å². The van der Waals surface area contributed by atoms with Gasteiger partial charge in [0.05, 0.1) is 0 Å². The number of likely N-dealkylation sites (tertiary alicyclic amines) is 1. The molecule has 2 aromatic heterocycles. The first-order valence-electron chi connectivity index (χ1n) is 8.53. The lowest BCUT2D eigenvalue weighted by Gasteiger charge is -2.31. The van der Waals surface area contributed by atoms with E-state index >= 15 is 0 Å². The van der Waals surface area contributed by atoms with Crippen molar-refractivity contribution < 1.29 is 4.79 Å². The zero-order valence-corrected chi connectivity index (χ0v) is 14.1. The predicted octanol–water partition coefficient (Wildman–Crippen LogP) is 2.62. The molecular formula is C17H22N4OS. The highest BCUT2D eigenvalue weighted by Gasteiger charge is 2.29. The minimum Gasteiger partial charge on any atom is -0.343 e. The Morgan fingerprint density at radius 1 is 1.26 bits per heavy atom. The van der Waals surface area contributed by atoms with Crippen LogP contribution in [0, 0.1) is 0 Å². The van der Waals surface area contributed by atoms with E-state index in [2.05, 4.69) is 26.2 Å². The lowest BCUT2D eigenvalue weighted by Crippen LogP contribution is -2.38.